The molecule has 2 unspecified atom stereocenters. The van der Waals surface area contributed by atoms with Gasteiger partial charge in [-0.25, -0.2) is 0 Å². The molecule has 0 aliphatic carbocycles. The van der Waals surface area contributed by atoms with Gasteiger partial charge in [0.1, 0.15) is 0 Å². The average molecular weight is 275 g/mol. The van der Waals surface area contributed by atoms with Gasteiger partial charge in [-0.05, 0) is 50.3 Å². The van der Waals surface area contributed by atoms with E-state index in [0.717, 1.165) is 37.6 Å². The fourth-order valence-corrected chi connectivity index (χ4v) is 3.17. The standard InChI is InChI=1S/C17H25NO2/c1-13-4-2-5-15(18-13)8-6-14-7-9-16-17(12-14)20-11-3-10-19-16/h7,9,12-13,15,18H,2-6,8,10-11H2,1H3. The Labute approximate surface area is 121 Å². The molecule has 1 saturated heterocycles. The summed E-state index contributed by atoms with van der Waals surface area (Å²) in [6.07, 6.45) is 7.29. The van der Waals surface area contributed by atoms with Crippen LogP contribution in [0.5, 0.6) is 11.5 Å². The molecule has 1 aromatic carbocycles. The number of fused-ring (bicyclic) bond motifs is 1. The molecule has 2 heterocycles. The first-order valence-corrected chi connectivity index (χ1v) is 7.96. The Morgan fingerprint density at radius 1 is 1.10 bits per heavy atom. The highest BCUT2D eigenvalue weighted by molar-refractivity contribution is 5.43. The smallest absolute Gasteiger partial charge is 0.161 e. The molecular formula is C17H25NO2. The lowest BCUT2D eigenvalue weighted by atomic mass is 9.95. The van der Waals surface area contributed by atoms with Crippen molar-refractivity contribution in [1.29, 1.82) is 0 Å². The van der Waals surface area contributed by atoms with Gasteiger partial charge in [0, 0.05) is 18.5 Å². The molecular weight excluding hydrogens is 250 g/mol. The Balaban J connectivity index is 1.59. The quantitative estimate of drug-likeness (QED) is 0.918. The molecule has 1 aromatic rings. The predicted molar refractivity (Wildman–Crippen MR) is 80.6 cm³/mol. The zero-order valence-corrected chi connectivity index (χ0v) is 12.4. The fraction of sp³-hybridized carbons (Fsp3) is 0.647. The van der Waals surface area contributed by atoms with Crippen LogP contribution in [0.25, 0.3) is 0 Å². The van der Waals surface area contributed by atoms with Crippen molar-refractivity contribution in [3.63, 3.8) is 0 Å². The Kier molecular flexibility index (Phi) is 4.46. The molecule has 20 heavy (non-hydrogen) atoms. The van der Waals surface area contributed by atoms with E-state index in [1.807, 2.05) is 0 Å². The molecule has 2 aliphatic rings. The Morgan fingerprint density at radius 2 is 1.95 bits per heavy atom. The van der Waals surface area contributed by atoms with Gasteiger partial charge in [-0.2, -0.15) is 0 Å². The number of piperidine rings is 1. The van der Waals surface area contributed by atoms with Crippen LogP contribution in [0.4, 0.5) is 0 Å². The summed E-state index contributed by atoms with van der Waals surface area (Å²) in [7, 11) is 0. The number of hydrogen-bond donors (Lipinski definition) is 1. The lowest BCUT2D eigenvalue weighted by molar-refractivity contribution is 0.297. The van der Waals surface area contributed by atoms with Crippen molar-refractivity contribution in [2.24, 2.45) is 0 Å². The van der Waals surface area contributed by atoms with Gasteiger partial charge in [0.05, 0.1) is 13.2 Å². The van der Waals surface area contributed by atoms with Gasteiger partial charge >= 0.3 is 0 Å². The molecule has 1 N–H and O–H groups in total. The van der Waals surface area contributed by atoms with E-state index in [0.29, 0.717) is 12.1 Å². The van der Waals surface area contributed by atoms with Crippen molar-refractivity contribution in [1.82, 2.24) is 5.32 Å². The number of hydrogen-bond acceptors (Lipinski definition) is 3. The first-order valence-electron chi connectivity index (χ1n) is 7.96. The van der Waals surface area contributed by atoms with Crippen LogP contribution in [0.15, 0.2) is 18.2 Å². The summed E-state index contributed by atoms with van der Waals surface area (Å²) in [5, 5.41) is 3.70. The zero-order chi connectivity index (χ0) is 13.8. The van der Waals surface area contributed by atoms with Crippen LogP contribution in [0, 0.1) is 0 Å². The molecule has 110 valence electrons. The minimum Gasteiger partial charge on any atom is -0.490 e. The van der Waals surface area contributed by atoms with Crippen molar-refractivity contribution >= 4 is 0 Å². The van der Waals surface area contributed by atoms with Crippen molar-refractivity contribution in [2.45, 2.75) is 57.5 Å². The van der Waals surface area contributed by atoms with Gasteiger partial charge in [-0.3, -0.25) is 0 Å². The molecule has 3 rings (SSSR count). The summed E-state index contributed by atoms with van der Waals surface area (Å²) in [5.41, 5.74) is 1.36. The highest BCUT2D eigenvalue weighted by Crippen LogP contribution is 2.31. The molecule has 1 fully saturated rings. The second kappa shape index (κ2) is 6.49. The SMILES string of the molecule is CC1CCCC(CCc2ccc3c(c2)OCCCO3)N1. The molecule has 0 bridgehead atoms. The van der Waals surface area contributed by atoms with Crippen molar-refractivity contribution in [3.05, 3.63) is 23.8 Å². The molecule has 3 heteroatoms. The highest BCUT2D eigenvalue weighted by Gasteiger charge is 2.18. The first kappa shape index (κ1) is 13.7. The van der Waals surface area contributed by atoms with Crippen LogP contribution in [0.1, 0.15) is 44.6 Å². The fourth-order valence-electron chi connectivity index (χ4n) is 3.17. The largest absolute Gasteiger partial charge is 0.490 e. The number of aryl methyl sites for hydroxylation is 1. The van der Waals surface area contributed by atoms with Gasteiger partial charge in [0.25, 0.3) is 0 Å². The Morgan fingerprint density at radius 3 is 2.80 bits per heavy atom. The number of ether oxygens (including phenoxy) is 2. The van der Waals surface area contributed by atoms with Crippen molar-refractivity contribution in [3.8, 4) is 11.5 Å². The average Bonchev–Trinajstić information content (AvgIpc) is 2.70. The maximum atomic E-state index is 5.76. The molecule has 0 spiro atoms. The number of benzene rings is 1. The van der Waals surface area contributed by atoms with Gasteiger partial charge < -0.3 is 14.8 Å². The van der Waals surface area contributed by atoms with E-state index < -0.39 is 0 Å². The van der Waals surface area contributed by atoms with E-state index in [1.54, 1.807) is 0 Å². The highest BCUT2D eigenvalue weighted by atomic mass is 16.5. The predicted octanol–water partition coefficient (Wildman–Crippen LogP) is 3.31. The third-order valence-corrected chi connectivity index (χ3v) is 4.30. The van der Waals surface area contributed by atoms with Gasteiger partial charge in [-0.15, -0.1) is 0 Å². The molecule has 0 aromatic heterocycles. The van der Waals surface area contributed by atoms with Crippen LogP contribution in [0.3, 0.4) is 0 Å². The summed E-state index contributed by atoms with van der Waals surface area (Å²) in [6.45, 7) is 3.81. The Bertz CT molecular complexity index is 447. The number of rotatable bonds is 3. The maximum absolute atomic E-state index is 5.76. The van der Waals surface area contributed by atoms with E-state index in [1.165, 1.54) is 31.2 Å². The zero-order valence-electron chi connectivity index (χ0n) is 12.4. The Hall–Kier alpha value is -1.22. The monoisotopic (exact) mass is 275 g/mol. The summed E-state index contributed by atoms with van der Waals surface area (Å²) in [6, 6.07) is 7.76. The minimum atomic E-state index is 0.676. The minimum absolute atomic E-state index is 0.676. The third kappa shape index (κ3) is 3.45. The summed E-state index contributed by atoms with van der Waals surface area (Å²) < 4.78 is 11.4. The second-order valence-electron chi connectivity index (χ2n) is 6.07. The van der Waals surface area contributed by atoms with Crippen LogP contribution >= 0.6 is 0 Å². The molecule has 3 nitrogen and oxygen atoms in total. The van der Waals surface area contributed by atoms with Gasteiger partial charge in [0.2, 0.25) is 0 Å². The molecule has 2 aliphatic heterocycles. The molecule has 0 radical (unpaired) electrons. The van der Waals surface area contributed by atoms with Crippen LogP contribution in [0.2, 0.25) is 0 Å². The van der Waals surface area contributed by atoms with E-state index >= 15 is 0 Å². The molecule has 2 atom stereocenters. The van der Waals surface area contributed by atoms with E-state index in [2.05, 4.69) is 30.4 Å². The lowest BCUT2D eigenvalue weighted by Crippen LogP contribution is -2.40. The first-order chi connectivity index (χ1) is 9.81. The number of nitrogens with one attached hydrogen (secondary N) is 1. The topological polar surface area (TPSA) is 30.5 Å². The van der Waals surface area contributed by atoms with Crippen molar-refractivity contribution < 1.29 is 9.47 Å². The van der Waals surface area contributed by atoms with E-state index in [4.69, 9.17) is 9.47 Å². The van der Waals surface area contributed by atoms with E-state index in [-0.39, 0.29) is 0 Å². The summed E-state index contributed by atoms with van der Waals surface area (Å²) >= 11 is 0. The van der Waals surface area contributed by atoms with E-state index in [9.17, 15) is 0 Å². The van der Waals surface area contributed by atoms with Gasteiger partial charge in [0.15, 0.2) is 11.5 Å². The maximum Gasteiger partial charge on any atom is 0.161 e. The summed E-state index contributed by atoms with van der Waals surface area (Å²) in [5.74, 6) is 1.82. The molecule has 0 amide bonds. The third-order valence-electron chi connectivity index (χ3n) is 4.30. The van der Waals surface area contributed by atoms with Gasteiger partial charge in [-0.1, -0.05) is 12.5 Å². The second-order valence-corrected chi connectivity index (χ2v) is 6.07. The van der Waals surface area contributed by atoms with Crippen LogP contribution < -0.4 is 14.8 Å². The molecule has 0 saturated carbocycles. The van der Waals surface area contributed by atoms with Crippen LogP contribution in [-0.4, -0.2) is 25.3 Å². The van der Waals surface area contributed by atoms with Crippen LogP contribution in [-0.2, 0) is 6.42 Å². The summed E-state index contributed by atoms with van der Waals surface area (Å²) in [4.78, 5) is 0. The lowest BCUT2D eigenvalue weighted by Gasteiger charge is -2.28. The van der Waals surface area contributed by atoms with Crippen molar-refractivity contribution in [2.75, 3.05) is 13.2 Å². The normalized spacial score (nSPS) is 26.1.